The Labute approximate surface area is 170 Å². The zero-order valence-electron chi connectivity index (χ0n) is 16.9. The van der Waals surface area contributed by atoms with Gasteiger partial charge in [0.05, 0.1) is 24.2 Å². The van der Waals surface area contributed by atoms with Crippen molar-refractivity contribution in [1.82, 2.24) is 15.0 Å². The number of amides is 1. The molecule has 0 unspecified atom stereocenters. The van der Waals surface area contributed by atoms with E-state index in [0.29, 0.717) is 17.3 Å². The number of hydrogen-bond donors (Lipinski definition) is 1. The highest BCUT2D eigenvalue weighted by molar-refractivity contribution is 6.03. The third kappa shape index (κ3) is 5.75. The molecule has 0 bridgehead atoms. The molecule has 1 N–H and O–H groups in total. The lowest BCUT2D eigenvalue weighted by atomic mass is 10.2. The maximum Gasteiger partial charge on any atom is 0.275 e. The highest BCUT2D eigenvalue weighted by Gasteiger charge is 2.13. The van der Waals surface area contributed by atoms with Crippen LogP contribution in [0.3, 0.4) is 0 Å². The number of ether oxygens (including phenoxy) is 1. The van der Waals surface area contributed by atoms with Crippen LogP contribution in [0.5, 0.6) is 5.75 Å². The van der Waals surface area contributed by atoms with Crippen molar-refractivity contribution in [2.45, 2.75) is 26.4 Å². The molecule has 7 heteroatoms. The van der Waals surface area contributed by atoms with E-state index < -0.39 is 0 Å². The van der Waals surface area contributed by atoms with Crippen LogP contribution in [0, 0.1) is 0 Å². The van der Waals surface area contributed by atoms with Crippen molar-refractivity contribution >= 4 is 17.4 Å². The van der Waals surface area contributed by atoms with E-state index in [9.17, 15) is 4.79 Å². The third-order valence-corrected chi connectivity index (χ3v) is 4.25. The molecule has 2 heterocycles. The van der Waals surface area contributed by atoms with E-state index in [1.54, 1.807) is 24.7 Å². The van der Waals surface area contributed by atoms with Gasteiger partial charge in [-0.1, -0.05) is 12.1 Å². The summed E-state index contributed by atoms with van der Waals surface area (Å²) in [5, 5.41) is 2.84. The van der Waals surface area contributed by atoms with Gasteiger partial charge >= 0.3 is 0 Å². The molecule has 2 aromatic heterocycles. The van der Waals surface area contributed by atoms with E-state index in [2.05, 4.69) is 20.3 Å². The van der Waals surface area contributed by atoms with E-state index >= 15 is 0 Å². The molecule has 29 heavy (non-hydrogen) atoms. The first-order chi connectivity index (χ1) is 14.0. The van der Waals surface area contributed by atoms with E-state index in [1.807, 2.05) is 56.1 Å². The first-order valence-electron chi connectivity index (χ1n) is 9.52. The SMILES string of the molecule is CC(C)Oc1ccccc1NC(=O)c1cnc(N(C)CCc2ccncc2)cn1. The predicted octanol–water partition coefficient (Wildman–Crippen LogP) is 3.59. The van der Waals surface area contributed by atoms with Gasteiger partial charge in [0.15, 0.2) is 0 Å². The van der Waals surface area contributed by atoms with E-state index in [1.165, 1.54) is 11.8 Å². The summed E-state index contributed by atoms with van der Waals surface area (Å²) in [6, 6.07) is 11.3. The summed E-state index contributed by atoms with van der Waals surface area (Å²) >= 11 is 0. The first kappa shape index (κ1) is 20.3. The Kier molecular flexibility index (Phi) is 6.73. The average Bonchev–Trinajstić information content (AvgIpc) is 2.74. The van der Waals surface area contributed by atoms with Gasteiger partial charge in [0.2, 0.25) is 0 Å². The van der Waals surface area contributed by atoms with Crippen molar-refractivity contribution in [3.8, 4) is 5.75 Å². The summed E-state index contributed by atoms with van der Waals surface area (Å²) in [5.74, 6) is 0.999. The first-order valence-corrected chi connectivity index (χ1v) is 9.52. The third-order valence-electron chi connectivity index (χ3n) is 4.25. The minimum absolute atomic E-state index is 0.00909. The number of carbonyl (C=O) groups excluding carboxylic acids is 1. The Morgan fingerprint density at radius 2 is 1.86 bits per heavy atom. The van der Waals surface area contributed by atoms with Gasteiger partial charge in [-0.2, -0.15) is 0 Å². The summed E-state index contributed by atoms with van der Waals surface area (Å²) < 4.78 is 5.73. The van der Waals surface area contributed by atoms with Crippen molar-refractivity contribution in [1.29, 1.82) is 0 Å². The van der Waals surface area contributed by atoms with Crippen LogP contribution in [-0.4, -0.2) is 40.6 Å². The highest BCUT2D eigenvalue weighted by atomic mass is 16.5. The minimum atomic E-state index is -0.330. The zero-order valence-corrected chi connectivity index (χ0v) is 16.9. The van der Waals surface area contributed by atoms with Crippen LogP contribution in [0.15, 0.2) is 61.2 Å². The summed E-state index contributed by atoms with van der Waals surface area (Å²) in [5.41, 5.74) is 2.06. The van der Waals surface area contributed by atoms with Gasteiger partial charge in [-0.3, -0.25) is 9.78 Å². The smallest absolute Gasteiger partial charge is 0.275 e. The standard InChI is InChI=1S/C22H25N5O2/c1-16(2)29-20-7-5-4-6-18(20)26-22(28)19-14-25-21(15-24-19)27(3)13-10-17-8-11-23-12-9-17/h4-9,11-12,14-16H,10,13H2,1-3H3,(H,26,28). The van der Waals surface area contributed by atoms with Crippen LogP contribution in [-0.2, 0) is 6.42 Å². The Balaban J connectivity index is 1.62. The number of hydrogen-bond acceptors (Lipinski definition) is 6. The molecule has 3 aromatic rings. The number of rotatable bonds is 8. The fraction of sp³-hybridized carbons (Fsp3) is 0.273. The molecule has 0 atom stereocenters. The second-order valence-corrected chi connectivity index (χ2v) is 6.90. The number of para-hydroxylation sites is 2. The molecule has 0 spiro atoms. The Morgan fingerprint density at radius 3 is 2.55 bits per heavy atom. The molecule has 0 saturated heterocycles. The molecule has 1 amide bonds. The van der Waals surface area contributed by atoms with Gasteiger partial charge in [-0.25, -0.2) is 9.97 Å². The van der Waals surface area contributed by atoms with E-state index in [0.717, 1.165) is 13.0 Å². The molecule has 0 aliphatic rings. The molecule has 0 aliphatic heterocycles. The molecule has 0 aliphatic carbocycles. The molecule has 150 valence electrons. The van der Waals surface area contributed by atoms with Gasteiger partial charge in [-0.15, -0.1) is 0 Å². The second kappa shape index (κ2) is 9.64. The average molecular weight is 391 g/mol. The lowest BCUT2D eigenvalue weighted by molar-refractivity contribution is 0.102. The number of nitrogens with one attached hydrogen (secondary N) is 1. The van der Waals surface area contributed by atoms with Crippen LogP contribution in [0.2, 0.25) is 0 Å². The topological polar surface area (TPSA) is 80.2 Å². The van der Waals surface area contributed by atoms with Crippen molar-refractivity contribution < 1.29 is 9.53 Å². The lowest BCUT2D eigenvalue weighted by Crippen LogP contribution is -2.22. The van der Waals surface area contributed by atoms with Gasteiger partial charge < -0.3 is 15.0 Å². The molecular formula is C22H25N5O2. The predicted molar refractivity (Wildman–Crippen MR) is 113 cm³/mol. The Bertz CT molecular complexity index is 929. The van der Waals surface area contributed by atoms with Crippen LogP contribution >= 0.6 is 0 Å². The Morgan fingerprint density at radius 1 is 1.10 bits per heavy atom. The van der Waals surface area contributed by atoms with Crippen LogP contribution in [0.4, 0.5) is 11.5 Å². The van der Waals surface area contributed by atoms with Crippen LogP contribution in [0.1, 0.15) is 29.9 Å². The van der Waals surface area contributed by atoms with Gasteiger partial charge in [0.25, 0.3) is 5.91 Å². The molecular weight excluding hydrogens is 366 g/mol. The summed E-state index contributed by atoms with van der Waals surface area (Å²) in [6.07, 6.45) is 7.54. The maximum atomic E-state index is 12.6. The minimum Gasteiger partial charge on any atom is -0.489 e. The number of carbonyl (C=O) groups is 1. The van der Waals surface area contributed by atoms with Gasteiger partial charge in [0.1, 0.15) is 17.3 Å². The lowest BCUT2D eigenvalue weighted by Gasteiger charge is -2.18. The monoisotopic (exact) mass is 391 g/mol. The van der Waals surface area contributed by atoms with Crippen molar-refractivity contribution in [3.63, 3.8) is 0 Å². The van der Waals surface area contributed by atoms with Crippen LogP contribution < -0.4 is 15.0 Å². The summed E-state index contributed by atoms with van der Waals surface area (Å²) in [4.78, 5) is 27.2. The zero-order chi connectivity index (χ0) is 20.6. The molecule has 7 nitrogen and oxygen atoms in total. The molecule has 1 aromatic carbocycles. The summed E-state index contributed by atoms with van der Waals surface area (Å²) in [7, 11) is 1.95. The summed E-state index contributed by atoms with van der Waals surface area (Å²) in [6.45, 7) is 4.66. The van der Waals surface area contributed by atoms with Gasteiger partial charge in [-0.05, 0) is 50.1 Å². The number of benzene rings is 1. The normalized spacial score (nSPS) is 10.6. The van der Waals surface area contributed by atoms with Crippen molar-refractivity contribution in [3.05, 3.63) is 72.4 Å². The second-order valence-electron chi connectivity index (χ2n) is 6.90. The van der Waals surface area contributed by atoms with E-state index in [-0.39, 0.29) is 17.7 Å². The number of likely N-dealkylation sites (N-methyl/N-ethyl adjacent to an activating group) is 1. The van der Waals surface area contributed by atoms with Crippen molar-refractivity contribution in [2.75, 3.05) is 23.8 Å². The fourth-order valence-corrected chi connectivity index (χ4v) is 2.71. The fourth-order valence-electron chi connectivity index (χ4n) is 2.71. The quantitative estimate of drug-likeness (QED) is 0.632. The van der Waals surface area contributed by atoms with Crippen molar-refractivity contribution in [2.24, 2.45) is 0 Å². The van der Waals surface area contributed by atoms with E-state index in [4.69, 9.17) is 4.74 Å². The molecule has 0 radical (unpaired) electrons. The Hall–Kier alpha value is -3.48. The number of aromatic nitrogens is 3. The number of pyridine rings is 1. The largest absolute Gasteiger partial charge is 0.489 e. The number of anilines is 2. The molecule has 0 saturated carbocycles. The van der Waals surface area contributed by atoms with Gasteiger partial charge in [0, 0.05) is 26.0 Å². The molecule has 3 rings (SSSR count). The van der Waals surface area contributed by atoms with Crippen LogP contribution in [0.25, 0.3) is 0 Å². The maximum absolute atomic E-state index is 12.6. The highest BCUT2D eigenvalue weighted by Crippen LogP contribution is 2.25. The number of nitrogens with zero attached hydrogens (tertiary/aromatic N) is 4. The molecule has 0 fully saturated rings.